The molecule has 1 heterocycles. The number of hydrogen-bond acceptors (Lipinski definition) is 2. The van der Waals surface area contributed by atoms with E-state index in [4.69, 9.17) is 0 Å². The number of anilines is 1. The van der Waals surface area contributed by atoms with Gasteiger partial charge in [0, 0.05) is 13.1 Å². The minimum Gasteiger partial charge on any atom is -0.478 e. The number of para-hydroxylation sites is 1. The summed E-state index contributed by atoms with van der Waals surface area (Å²) in [5.74, 6) is -0.836. The predicted octanol–water partition coefficient (Wildman–Crippen LogP) is 3.32. The fraction of sp³-hybridized carbons (Fsp3) is 0.533. The van der Waals surface area contributed by atoms with Gasteiger partial charge in [0.15, 0.2) is 0 Å². The maximum absolute atomic E-state index is 11.4. The molecule has 1 saturated heterocycles. The second-order valence-electron chi connectivity index (χ2n) is 5.97. The number of nitrogens with zero attached hydrogens (tertiary/aromatic N) is 1. The first kappa shape index (κ1) is 12.9. The van der Waals surface area contributed by atoms with Crippen molar-refractivity contribution in [1.29, 1.82) is 0 Å². The molecule has 0 bridgehead atoms. The van der Waals surface area contributed by atoms with Gasteiger partial charge in [0.05, 0.1) is 11.3 Å². The summed E-state index contributed by atoms with van der Waals surface area (Å²) in [6.45, 7) is 8.37. The summed E-state index contributed by atoms with van der Waals surface area (Å²) < 4.78 is 0. The highest BCUT2D eigenvalue weighted by Gasteiger charge is 2.29. The SMILES string of the molecule is Cc1cccc(C(=O)O)c1N1CCCC(C)(C)C1. The third-order valence-corrected chi connectivity index (χ3v) is 3.68. The molecule has 0 unspecified atom stereocenters. The summed E-state index contributed by atoms with van der Waals surface area (Å²) in [5, 5.41) is 9.32. The highest BCUT2D eigenvalue weighted by molar-refractivity contribution is 5.95. The van der Waals surface area contributed by atoms with Crippen LogP contribution in [0.5, 0.6) is 0 Å². The van der Waals surface area contributed by atoms with Crippen molar-refractivity contribution in [2.75, 3.05) is 18.0 Å². The molecule has 0 spiro atoms. The van der Waals surface area contributed by atoms with E-state index in [1.165, 1.54) is 6.42 Å². The van der Waals surface area contributed by atoms with E-state index in [2.05, 4.69) is 18.7 Å². The predicted molar refractivity (Wildman–Crippen MR) is 73.4 cm³/mol. The number of carbonyl (C=O) groups is 1. The molecule has 18 heavy (non-hydrogen) atoms. The average molecular weight is 247 g/mol. The highest BCUT2D eigenvalue weighted by Crippen LogP contribution is 2.34. The van der Waals surface area contributed by atoms with Gasteiger partial charge in [-0.05, 0) is 36.8 Å². The van der Waals surface area contributed by atoms with Crippen molar-refractivity contribution in [2.24, 2.45) is 5.41 Å². The number of carboxylic acids is 1. The third-order valence-electron chi connectivity index (χ3n) is 3.68. The molecule has 1 aromatic rings. The molecule has 0 atom stereocenters. The maximum Gasteiger partial charge on any atom is 0.337 e. The van der Waals surface area contributed by atoms with Crippen molar-refractivity contribution < 1.29 is 9.90 Å². The lowest BCUT2D eigenvalue weighted by molar-refractivity contribution is 0.0697. The van der Waals surface area contributed by atoms with E-state index in [1.807, 2.05) is 19.1 Å². The van der Waals surface area contributed by atoms with Gasteiger partial charge in [-0.1, -0.05) is 26.0 Å². The number of hydrogen-bond donors (Lipinski definition) is 1. The number of rotatable bonds is 2. The van der Waals surface area contributed by atoms with E-state index in [-0.39, 0.29) is 5.41 Å². The first-order chi connectivity index (χ1) is 8.41. The molecule has 1 aliphatic rings. The molecule has 2 rings (SSSR count). The first-order valence-corrected chi connectivity index (χ1v) is 6.48. The summed E-state index contributed by atoms with van der Waals surface area (Å²) in [4.78, 5) is 13.6. The molecule has 0 amide bonds. The second-order valence-corrected chi connectivity index (χ2v) is 5.97. The van der Waals surface area contributed by atoms with Gasteiger partial charge in [-0.25, -0.2) is 4.79 Å². The van der Waals surface area contributed by atoms with Crippen molar-refractivity contribution >= 4 is 11.7 Å². The fourth-order valence-electron chi connectivity index (χ4n) is 2.87. The largest absolute Gasteiger partial charge is 0.478 e. The molecule has 1 aromatic carbocycles. The molecule has 1 N–H and O–H groups in total. The molecule has 1 aliphatic heterocycles. The van der Waals surface area contributed by atoms with Crippen LogP contribution in [-0.2, 0) is 0 Å². The van der Waals surface area contributed by atoms with E-state index in [9.17, 15) is 9.90 Å². The monoisotopic (exact) mass is 247 g/mol. The summed E-state index contributed by atoms with van der Waals surface area (Å²) in [5.41, 5.74) is 2.63. The van der Waals surface area contributed by atoms with E-state index in [1.54, 1.807) is 6.07 Å². The Hall–Kier alpha value is -1.51. The third kappa shape index (κ3) is 2.50. The lowest BCUT2D eigenvalue weighted by Crippen LogP contribution is -2.41. The van der Waals surface area contributed by atoms with Crippen LogP contribution >= 0.6 is 0 Å². The lowest BCUT2D eigenvalue weighted by Gasteiger charge is -2.40. The molecular weight excluding hydrogens is 226 g/mol. The molecule has 3 heteroatoms. The second kappa shape index (κ2) is 4.63. The lowest BCUT2D eigenvalue weighted by atomic mass is 9.83. The Morgan fingerprint density at radius 2 is 2.11 bits per heavy atom. The normalized spacial score (nSPS) is 18.7. The van der Waals surface area contributed by atoms with Crippen LogP contribution in [0.15, 0.2) is 18.2 Å². The Morgan fingerprint density at radius 1 is 1.39 bits per heavy atom. The topological polar surface area (TPSA) is 40.5 Å². The number of benzene rings is 1. The van der Waals surface area contributed by atoms with Crippen LogP contribution in [0.2, 0.25) is 0 Å². The Kier molecular flexibility index (Phi) is 3.33. The van der Waals surface area contributed by atoms with Gasteiger partial charge in [-0.3, -0.25) is 0 Å². The Balaban J connectivity index is 2.41. The van der Waals surface area contributed by atoms with Crippen LogP contribution < -0.4 is 4.90 Å². The number of aryl methyl sites for hydroxylation is 1. The van der Waals surface area contributed by atoms with E-state index in [0.717, 1.165) is 30.8 Å². The van der Waals surface area contributed by atoms with Crippen molar-refractivity contribution in [1.82, 2.24) is 0 Å². The van der Waals surface area contributed by atoms with Crippen molar-refractivity contribution in [3.05, 3.63) is 29.3 Å². The van der Waals surface area contributed by atoms with Crippen LogP contribution in [0.1, 0.15) is 42.6 Å². The van der Waals surface area contributed by atoms with Crippen LogP contribution in [0.25, 0.3) is 0 Å². The van der Waals surface area contributed by atoms with E-state index < -0.39 is 5.97 Å². The first-order valence-electron chi connectivity index (χ1n) is 6.48. The zero-order valence-corrected chi connectivity index (χ0v) is 11.4. The van der Waals surface area contributed by atoms with Crippen molar-refractivity contribution in [3.8, 4) is 0 Å². The van der Waals surface area contributed by atoms with Gasteiger partial charge in [-0.15, -0.1) is 0 Å². The minimum absolute atomic E-state index is 0.260. The maximum atomic E-state index is 11.4. The van der Waals surface area contributed by atoms with Crippen LogP contribution in [0.3, 0.4) is 0 Å². The van der Waals surface area contributed by atoms with Crippen LogP contribution in [-0.4, -0.2) is 24.2 Å². The van der Waals surface area contributed by atoms with Gasteiger partial charge in [0.1, 0.15) is 0 Å². The minimum atomic E-state index is -0.836. The molecule has 0 aromatic heterocycles. The number of piperidine rings is 1. The standard InChI is InChI=1S/C15H21NO2/c1-11-6-4-7-12(14(17)18)13(11)16-9-5-8-15(2,3)10-16/h4,6-7H,5,8-10H2,1-3H3,(H,17,18). The van der Waals surface area contributed by atoms with Crippen molar-refractivity contribution in [3.63, 3.8) is 0 Å². The molecule has 0 saturated carbocycles. The molecule has 1 fully saturated rings. The Morgan fingerprint density at radius 3 is 2.72 bits per heavy atom. The molecule has 0 aliphatic carbocycles. The summed E-state index contributed by atoms with van der Waals surface area (Å²) in [6, 6.07) is 5.51. The molecule has 3 nitrogen and oxygen atoms in total. The van der Waals surface area contributed by atoms with Crippen LogP contribution in [0, 0.1) is 12.3 Å². The zero-order valence-electron chi connectivity index (χ0n) is 11.4. The van der Waals surface area contributed by atoms with E-state index >= 15 is 0 Å². The summed E-state index contributed by atoms with van der Waals surface area (Å²) in [7, 11) is 0. The molecule has 0 radical (unpaired) electrons. The smallest absolute Gasteiger partial charge is 0.337 e. The van der Waals surface area contributed by atoms with Gasteiger partial charge in [0.25, 0.3) is 0 Å². The summed E-state index contributed by atoms with van der Waals surface area (Å²) in [6.07, 6.45) is 2.33. The van der Waals surface area contributed by atoms with E-state index in [0.29, 0.717) is 5.56 Å². The average Bonchev–Trinajstić information content (AvgIpc) is 2.27. The van der Waals surface area contributed by atoms with Crippen molar-refractivity contribution in [2.45, 2.75) is 33.6 Å². The van der Waals surface area contributed by atoms with Gasteiger partial charge >= 0.3 is 5.97 Å². The van der Waals surface area contributed by atoms with Gasteiger partial charge < -0.3 is 10.0 Å². The molecular formula is C15H21NO2. The number of carboxylic acid groups (broad SMARTS) is 1. The van der Waals surface area contributed by atoms with Gasteiger partial charge in [0.2, 0.25) is 0 Å². The Bertz CT molecular complexity index is 466. The number of aromatic carboxylic acids is 1. The highest BCUT2D eigenvalue weighted by atomic mass is 16.4. The summed E-state index contributed by atoms with van der Waals surface area (Å²) >= 11 is 0. The molecule has 98 valence electrons. The fourth-order valence-corrected chi connectivity index (χ4v) is 2.87. The van der Waals surface area contributed by atoms with Crippen LogP contribution in [0.4, 0.5) is 5.69 Å². The zero-order chi connectivity index (χ0) is 13.3. The quantitative estimate of drug-likeness (QED) is 0.871. The van der Waals surface area contributed by atoms with Gasteiger partial charge in [-0.2, -0.15) is 0 Å². The Labute approximate surface area is 108 Å².